The monoisotopic (exact) mass is 399 g/mol. The van der Waals surface area contributed by atoms with E-state index in [0.717, 1.165) is 11.5 Å². The van der Waals surface area contributed by atoms with Crippen LogP contribution in [0.1, 0.15) is 29.4 Å². The number of carbonyl (C=O) groups is 1. The van der Waals surface area contributed by atoms with Gasteiger partial charge in [0.15, 0.2) is 5.76 Å². The highest BCUT2D eigenvalue weighted by Crippen LogP contribution is 2.33. The quantitative estimate of drug-likeness (QED) is 0.632. The molecule has 0 aliphatic heterocycles. The molecule has 2 aromatic heterocycles. The summed E-state index contributed by atoms with van der Waals surface area (Å²) in [4.78, 5) is 37.4. The summed E-state index contributed by atoms with van der Waals surface area (Å²) < 4.78 is 16.9. The number of para-hydroxylation sites is 1. The SMILES string of the molecule is COCc1cc(=O)c(O)c(C(CC(=O)OC)c2cc3ccccc3n(C)c2=O)o1. The maximum Gasteiger partial charge on any atom is 0.306 e. The molecule has 3 aromatic rings. The first-order chi connectivity index (χ1) is 13.9. The minimum absolute atomic E-state index is 0.0107. The predicted octanol–water partition coefficient (Wildman–Crippen LogP) is 2.04. The molecule has 2 heterocycles. The molecule has 3 rings (SSSR count). The van der Waals surface area contributed by atoms with Crippen LogP contribution in [0.5, 0.6) is 5.75 Å². The summed E-state index contributed by atoms with van der Waals surface area (Å²) >= 11 is 0. The van der Waals surface area contributed by atoms with Crippen LogP contribution in [0.15, 0.2) is 50.4 Å². The van der Waals surface area contributed by atoms with E-state index >= 15 is 0 Å². The van der Waals surface area contributed by atoms with Crippen LogP contribution in [0.3, 0.4) is 0 Å². The van der Waals surface area contributed by atoms with E-state index in [0.29, 0.717) is 5.52 Å². The molecule has 0 aliphatic rings. The first kappa shape index (κ1) is 20.3. The van der Waals surface area contributed by atoms with Gasteiger partial charge in [-0.3, -0.25) is 14.4 Å². The van der Waals surface area contributed by atoms with Crippen LogP contribution in [0, 0.1) is 0 Å². The molecule has 1 N–H and O–H groups in total. The molecule has 8 nitrogen and oxygen atoms in total. The molecule has 0 radical (unpaired) electrons. The zero-order chi connectivity index (χ0) is 21.1. The van der Waals surface area contributed by atoms with Crippen LogP contribution >= 0.6 is 0 Å². The van der Waals surface area contributed by atoms with E-state index in [2.05, 4.69) is 0 Å². The summed E-state index contributed by atoms with van der Waals surface area (Å²) in [5.74, 6) is -2.31. The Morgan fingerprint density at radius 3 is 2.62 bits per heavy atom. The lowest BCUT2D eigenvalue weighted by atomic mass is 9.92. The number of hydrogen-bond donors (Lipinski definition) is 1. The van der Waals surface area contributed by atoms with Gasteiger partial charge in [-0.05, 0) is 17.5 Å². The van der Waals surface area contributed by atoms with Crippen molar-refractivity contribution in [3.63, 3.8) is 0 Å². The van der Waals surface area contributed by atoms with Crippen molar-refractivity contribution < 1.29 is 23.8 Å². The van der Waals surface area contributed by atoms with Crippen LogP contribution in [0.4, 0.5) is 0 Å². The highest BCUT2D eigenvalue weighted by Gasteiger charge is 2.29. The smallest absolute Gasteiger partial charge is 0.306 e. The third-order valence-electron chi connectivity index (χ3n) is 4.74. The van der Waals surface area contributed by atoms with Gasteiger partial charge in [0.25, 0.3) is 5.56 Å². The van der Waals surface area contributed by atoms with E-state index in [1.807, 2.05) is 18.2 Å². The largest absolute Gasteiger partial charge is 0.502 e. The Morgan fingerprint density at radius 2 is 1.93 bits per heavy atom. The molecule has 1 aromatic carbocycles. The van der Waals surface area contributed by atoms with Crippen molar-refractivity contribution in [3.05, 3.63) is 74.1 Å². The lowest BCUT2D eigenvalue weighted by Crippen LogP contribution is -2.26. The number of aromatic hydroxyl groups is 1. The Hall–Kier alpha value is -3.39. The number of hydrogen-bond acceptors (Lipinski definition) is 7. The van der Waals surface area contributed by atoms with Crippen LogP contribution in [-0.2, 0) is 27.9 Å². The average molecular weight is 399 g/mol. The minimum atomic E-state index is -1.02. The topological polar surface area (TPSA) is 108 Å². The normalized spacial score (nSPS) is 12.1. The highest BCUT2D eigenvalue weighted by atomic mass is 16.5. The summed E-state index contributed by atoms with van der Waals surface area (Å²) in [5.41, 5.74) is -0.163. The lowest BCUT2D eigenvalue weighted by molar-refractivity contribution is -0.140. The molecule has 0 fully saturated rings. The van der Waals surface area contributed by atoms with Gasteiger partial charge in [-0.2, -0.15) is 0 Å². The average Bonchev–Trinajstić information content (AvgIpc) is 2.72. The number of aromatic nitrogens is 1. The number of aryl methyl sites for hydroxylation is 1. The number of fused-ring (bicyclic) bond motifs is 1. The Labute approximate surface area is 165 Å². The van der Waals surface area contributed by atoms with Crippen molar-refractivity contribution >= 4 is 16.9 Å². The van der Waals surface area contributed by atoms with Gasteiger partial charge in [-0.1, -0.05) is 18.2 Å². The molecule has 0 saturated carbocycles. The Balaban J connectivity index is 2.29. The third kappa shape index (κ3) is 3.93. The molecule has 0 spiro atoms. The zero-order valence-electron chi connectivity index (χ0n) is 16.3. The molecule has 152 valence electrons. The van der Waals surface area contributed by atoms with Crippen LogP contribution < -0.4 is 11.0 Å². The van der Waals surface area contributed by atoms with Crippen molar-refractivity contribution in [3.8, 4) is 5.75 Å². The minimum Gasteiger partial charge on any atom is -0.502 e. The van der Waals surface area contributed by atoms with E-state index in [4.69, 9.17) is 13.9 Å². The number of rotatable bonds is 6. The fourth-order valence-electron chi connectivity index (χ4n) is 3.30. The molecule has 29 heavy (non-hydrogen) atoms. The number of methoxy groups -OCH3 is 2. The molecule has 0 aliphatic carbocycles. The number of esters is 1. The second kappa shape index (κ2) is 8.32. The fraction of sp³-hybridized carbons (Fsp3) is 0.286. The van der Waals surface area contributed by atoms with Gasteiger partial charge in [0, 0.05) is 25.8 Å². The fourth-order valence-corrected chi connectivity index (χ4v) is 3.30. The Morgan fingerprint density at radius 1 is 1.21 bits per heavy atom. The summed E-state index contributed by atoms with van der Waals surface area (Å²) in [5, 5.41) is 11.1. The van der Waals surface area contributed by atoms with Crippen molar-refractivity contribution in [2.75, 3.05) is 14.2 Å². The third-order valence-corrected chi connectivity index (χ3v) is 4.74. The zero-order valence-corrected chi connectivity index (χ0v) is 16.3. The van der Waals surface area contributed by atoms with Gasteiger partial charge in [-0.25, -0.2) is 0 Å². The number of carbonyl (C=O) groups excluding carboxylic acids is 1. The second-order valence-electron chi connectivity index (χ2n) is 6.58. The molecule has 0 bridgehead atoms. The number of pyridine rings is 1. The molecule has 0 amide bonds. The van der Waals surface area contributed by atoms with E-state index in [9.17, 15) is 19.5 Å². The molecular formula is C21H21NO7. The van der Waals surface area contributed by atoms with Crippen LogP contribution in [0.25, 0.3) is 10.9 Å². The molecule has 8 heteroatoms. The first-order valence-electron chi connectivity index (χ1n) is 8.87. The van der Waals surface area contributed by atoms with Gasteiger partial charge in [0.05, 0.1) is 25.0 Å². The van der Waals surface area contributed by atoms with Crippen molar-refractivity contribution in [2.45, 2.75) is 18.9 Å². The van der Waals surface area contributed by atoms with Crippen LogP contribution in [0.2, 0.25) is 0 Å². The Kier molecular flexibility index (Phi) is 5.84. The number of ether oxygens (including phenoxy) is 2. The highest BCUT2D eigenvalue weighted by molar-refractivity contribution is 5.80. The van der Waals surface area contributed by atoms with Gasteiger partial charge < -0.3 is 23.6 Å². The Bertz CT molecular complexity index is 1180. The van der Waals surface area contributed by atoms with Gasteiger partial charge in [0.2, 0.25) is 11.2 Å². The lowest BCUT2D eigenvalue weighted by Gasteiger charge is -2.18. The van der Waals surface area contributed by atoms with E-state index in [1.54, 1.807) is 19.2 Å². The van der Waals surface area contributed by atoms with E-state index in [-0.39, 0.29) is 35.7 Å². The van der Waals surface area contributed by atoms with Crippen molar-refractivity contribution in [2.24, 2.45) is 7.05 Å². The molecule has 1 unspecified atom stereocenters. The number of benzene rings is 1. The van der Waals surface area contributed by atoms with Crippen molar-refractivity contribution in [1.82, 2.24) is 4.57 Å². The molecular weight excluding hydrogens is 378 g/mol. The first-order valence-corrected chi connectivity index (χ1v) is 8.87. The number of nitrogens with zero attached hydrogens (tertiary/aromatic N) is 1. The predicted molar refractivity (Wildman–Crippen MR) is 105 cm³/mol. The van der Waals surface area contributed by atoms with Crippen molar-refractivity contribution in [1.29, 1.82) is 0 Å². The van der Waals surface area contributed by atoms with Gasteiger partial charge >= 0.3 is 5.97 Å². The van der Waals surface area contributed by atoms with Gasteiger partial charge in [0.1, 0.15) is 12.4 Å². The summed E-state index contributed by atoms with van der Waals surface area (Å²) in [6.45, 7) is -0.0107. The maximum atomic E-state index is 13.1. The summed E-state index contributed by atoms with van der Waals surface area (Å²) in [6, 6.07) is 10.00. The van der Waals surface area contributed by atoms with Gasteiger partial charge in [-0.15, -0.1) is 0 Å². The molecule has 1 atom stereocenters. The summed E-state index contributed by atoms with van der Waals surface area (Å²) in [6.07, 6.45) is -0.295. The standard InChI is InChI=1S/C21H21NO7/c1-22-16-7-5-4-6-12(16)8-15(21(22)26)14(10-18(24)28-3)20-19(25)17(23)9-13(29-20)11-27-2/h4-9,14,25H,10-11H2,1-3H3. The van der Waals surface area contributed by atoms with E-state index in [1.165, 1.54) is 18.8 Å². The second-order valence-corrected chi connectivity index (χ2v) is 6.58. The van der Waals surface area contributed by atoms with E-state index < -0.39 is 23.1 Å². The maximum absolute atomic E-state index is 13.1. The summed E-state index contributed by atoms with van der Waals surface area (Å²) in [7, 11) is 4.26. The van der Waals surface area contributed by atoms with Crippen LogP contribution in [-0.4, -0.2) is 29.9 Å². The molecule has 0 saturated heterocycles.